The molecule has 12 heavy (non-hydrogen) atoms. The highest BCUT2D eigenvalue weighted by Gasteiger charge is 2.24. The number of carbonyl (C=O) groups excluding carboxylic acids is 1. The van der Waals surface area contributed by atoms with Gasteiger partial charge in [0.2, 0.25) is 6.23 Å². The summed E-state index contributed by atoms with van der Waals surface area (Å²) in [6.07, 6.45) is -0.659. The van der Waals surface area contributed by atoms with Gasteiger partial charge in [-0.1, -0.05) is 0 Å². The quantitative estimate of drug-likeness (QED) is 0.431. The molecule has 1 rings (SSSR count). The van der Waals surface area contributed by atoms with Crippen molar-refractivity contribution in [2.45, 2.75) is 13.2 Å². The van der Waals surface area contributed by atoms with Gasteiger partial charge in [0.25, 0.3) is 0 Å². The summed E-state index contributed by atoms with van der Waals surface area (Å²) in [6.45, 7) is 2.27. The summed E-state index contributed by atoms with van der Waals surface area (Å²) < 4.78 is 9.76. The van der Waals surface area contributed by atoms with E-state index in [-0.39, 0.29) is 6.61 Å². The lowest BCUT2D eigenvalue weighted by atomic mass is 10.4. The molecule has 0 amide bonds. The largest absolute Gasteiger partial charge is 0.438 e. The van der Waals surface area contributed by atoms with Gasteiger partial charge in [-0.05, 0) is 0 Å². The normalized spacial score (nSPS) is 23.4. The SMILES string of the molecule is CC(=O)OC1COCCN1N=O. The molecule has 1 unspecified atom stereocenters. The molecule has 1 heterocycles. The van der Waals surface area contributed by atoms with Crippen molar-refractivity contribution in [3.8, 4) is 0 Å². The molecule has 6 heteroatoms. The van der Waals surface area contributed by atoms with E-state index >= 15 is 0 Å². The second kappa shape index (κ2) is 4.01. The molecule has 1 fully saturated rings. The van der Waals surface area contributed by atoms with Crippen LogP contribution in [0.15, 0.2) is 5.29 Å². The summed E-state index contributed by atoms with van der Waals surface area (Å²) >= 11 is 0. The molecule has 1 atom stereocenters. The van der Waals surface area contributed by atoms with Crippen molar-refractivity contribution >= 4 is 5.97 Å². The summed E-state index contributed by atoms with van der Waals surface area (Å²) in [5.74, 6) is -0.445. The Morgan fingerprint density at radius 1 is 1.75 bits per heavy atom. The molecule has 0 N–H and O–H groups in total. The molecule has 0 bridgehead atoms. The lowest BCUT2D eigenvalue weighted by molar-refractivity contribution is -0.173. The van der Waals surface area contributed by atoms with E-state index in [0.717, 1.165) is 5.01 Å². The van der Waals surface area contributed by atoms with Crippen molar-refractivity contribution in [1.82, 2.24) is 5.01 Å². The molecule has 1 aliphatic rings. The smallest absolute Gasteiger partial charge is 0.304 e. The number of esters is 1. The molecular weight excluding hydrogens is 164 g/mol. The van der Waals surface area contributed by atoms with Crippen LogP contribution in [0.25, 0.3) is 0 Å². The van der Waals surface area contributed by atoms with Gasteiger partial charge in [-0.15, -0.1) is 4.91 Å². The highest BCUT2D eigenvalue weighted by Crippen LogP contribution is 2.08. The van der Waals surface area contributed by atoms with Crippen LogP contribution in [-0.2, 0) is 14.3 Å². The molecule has 1 aliphatic heterocycles. The van der Waals surface area contributed by atoms with Crippen LogP contribution in [0.5, 0.6) is 0 Å². The number of nitrogens with zero attached hydrogens (tertiary/aromatic N) is 2. The van der Waals surface area contributed by atoms with Crippen LogP contribution in [-0.4, -0.2) is 37.0 Å². The Balaban J connectivity index is 2.46. The van der Waals surface area contributed by atoms with Crippen LogP contribution in [0.4, 0.5) is 0 Å². The molecule has 0 aliphatic carbocycles. The van der Waals surface area contributed by atoms with Crippen molar-refractivity contribution < 1.29 is 14.3 Å². The molecular formula is C6H10N2O4. The van der Waals surface area contributed by atoms with E-state index in [9.17, 15) is 9.70 Å². The Kier molecular flexibility index (Phi) is 2.98. The zero-order valence-corrected chi connectivity index (χ0v) is 6.73. The van der Waals surface area contributed by atoms with E-state index in [1.54, 1.807) is 0 Å². The van der Waals surface area contributed by atoms with Gasteiger partial charge >= 0.3 is 5.97 Å². The molecule has 0 aromatic heterocycles. The standard InChI is InChI=1S/C6H10N2O4/c1-5(9)12-6-4-11-3-2-8(6)7-10/h6H,2-4H2,1H3. The first-order valence-corrected chi connectivity index (χ1v) is 3.59. The van der Waals surface area contributed by atoms with E-state index in [4.69, 9.17) is 9.47 Å². The van der Waals surface area contributed by atoms with Crippen LogP contribution in [0, 0.1) is 4.91 Å². The molecule has 68 valence electrons. The zero-order chi connectivity index (χ0) is 8.97. The molecule has 0 saturated carbocycles. The minimum atomic E-state index is -0.659. The van der Waals surface area contributed by atoms with Gasteiger partial charge < -0.3 is 9.47 Å². The minimum Gasteiger partial charge on any atom is -0.438 e. The second-order valence-electron chi connectivity index (χ2n) is 2.38. The zero-order valence-electron chi connectivity index (χ0n) is 6.73. The maximum absolute atomic E-state index is 10.5. The van der Waals surface area contributed by atoms with Gasteiger partial charge in [0.05, 0.1) is 18.4 Å². The fourth-order valence-electron chi connectivity index (χ4n) is 0.952. The maximum Gasteiger partial charge on any atom is 0.304 e. The van der Waals surface area contributed by atoms with E-state index in [1.165, 1.54) is 6.92 Å². The first-order chi connectivity index (χ1) is 5.74. The van der Waals surface area contributed by atoms with E-state index in [2.05, 4.69) is 5.29 Å². The van der Waals surface area contributed by atoms with Gasteiger partial charge in [0, 0.05) is 6.92 Å². The van der Waals surface area contributed by atoms with Gasteiger partial charge in [-0.3, -0.25) is 4.79 Å². The average molecular weight is 174 g/mol. The number of hydrogen-bond donors (Lipinski definition) is 0. The van der Waals surface area contributed by atoms with Gasteiger partial charge in [0.1, 0.15) is 6.61 Å². The van der Waals surface area contributed by atoms with E-state index in [0.29, 0.717) is 13.2 Å². The van der Waals surface area contributed by atoms with Crippen molar-refractivity contribution in [3.63, 3.8) is 0 Å². The van der Waals surface area contributed by atoms with Gasteiger partial charge in [-0.2, -0.15) is 0 Å². The maximum atomic E-state index is 10.5. The second-order valence-corrected chi connectivity index (χ2v) is 2.38. The predicted molar refractivity (Wildman–Crippen MR) is 38.9 cm³/mol. The topological polar surface area (TPSA) is 68.2 Å². The highest BCUT2D eigenvalue weighted by molar-refractivity contribution is 5.66. The average Bonchev–Trinajstić information content (AvgIpc) is 2.04. The van der Waals surface area contributed by atoms with Gasteiger partial charge in [-0.25, -0.2) is 5.01 Å². The molecule has 0 radical (unpaired) electrons. The Morgan fingerprint density at radius 3 is 3.08 bits per heavy atom. The van der Waals surface area contributed by atoms with Crippen LogP contribution >= 0.6 is 0 Å². The van der Waals surface area contributed by atoms with E-state index in [1.807, 2.05) is 0 Å². The number of nitroso groups, excluding NO2 is 1. The Hall–Kier alpha value is -1.17. The lowest BCUT2D eigenvalue weighted by Gasteiger charge is -2.29. The molecule has 0 aromatic carbocycles. The fraction of sp³-hybridized carbons (Fsp3) is 0.833. The third kappa shape index (κ3) is 2.16. The Morgan fingerprint density at radius 2 is 2.50 bits per heavy atom. The summed E-state index contributed by atoms with van der Waals surface area (Å²) in [6, 6.07) is 0. The highest BCUT2D eigenvalue weighted by atomic mass is 16.6. The Labute approximate surface area is 69.4 Å². The fourth-order valence-corrected chi connectivity index (χ4v) is 0.952. The van der Waals surface area contributed by atoms with Crippen molar-refractivity contribution in [1.29, 1.82) is 0 Å². The third-order valence-electron chi connectivity index (χ3n) is 1.46. The molecule has 0 aromatic rings. The summed E-state index contributed by atoms with van der Waals surface area (Å²) in [4.78, 5) is 20.7. The van der Waals surface area contributed by atoms with Crippen molar-refractivity contribution in [2.75, 3.05) is 19.8 Å². The molecule has 6 nitrogen and oxygen atoms in total. The molecule has 0 spiro atoms. The number of carbonyl (C=O) groups is 1. The Bertz CT molecular complexity index is 184. The van der Waals surface area contributed by atoms with Crippen molar-refractivity contribution in [3.05, 3.63) is 4.91 Å². The first-order valence-electron chi connectivity index (χ1n) is 3.59. The summed E-state index contributed by atoms with van der Waals surface area (Å²) in [5.41, 5.74) is 0. The number of rotatable bonds is 2. The van der Waals surface area contributed by atoms with Crippen LogP contribution in [0.1, 0.15) is 6.92 Å². The lowest BCUT2D eigenvalue weighted by Crippen LogP contribution is -2.44. The van der Waals surface area contributed by atoms with E-state index < -0.39 is 12.2 Å². The number of hydrogen-bond acceptors (Lipinski definition) is 5. The number of ether oxygens (including phenoxy) is 2. The van der Waals surface area contributed by atoms with Gasteiger partial charge in [0.15, 0.2) is 0 Å². The van der Waals surface area contributed by atoms with Crippen molar-refractivity contribution in [2.24, 2.45) is 5.29 Å². The number of morpholine rings is 1. The molecule has 1 saturated heterocycles. The van der Waals surface area contributed by atoms with Crippen LogP contribution < -0.4 is 0 Å². The summed E-state index contributed by atoms with van der Waals surface area (Å²) in [5, 5.41) is 3.87. The van der Waals surface area contributed by atoms with Crippen LogP contribution in [0.2, 0.25) is 0 Å². The third-order valence-corrected chi connectivity index (χ3v) is 1.46. The summed E-state index contributed by atoms with van der Waals surface area (Å²) in [7, 11) is 0. The minimum absolute atomic E-state index is 0.200. The first kappa shape index (κ1) is 8.92. The monoisotopic (exact) mass is 174 g/mol. The van der Waals surface area contributed by atoms with Crippen LogP contribution in [0.3, 0.4) is 0 Å². The predicted octanol–water partition coefficient (Wildman–Crippen LogP) is -0.111.